The Kier molecular flexibility index (Phi) is 5.90. The Bertz CT molecular complexity index is 385. The molecule has 0 unspecified atom stereocenters. The number of aromatic nitrogens is 2. The SMILES string of the molecule is CCOc1cncc(N(C)CCCC(=O)OC)n1. The average molecular weight is 253 g/mol. The van der Waals surface area contributed by atoms with Gasteiger partial charge in [0.15, 0.2) is 5.82 Å². The lowest BCUT2D eigenvalue weighted by Gasteiger charge is -2.17. The van der Waals surface area contributed by atoms with Crippen molar-refractivity contribution in [1.29, 1.82) is 0 Å². The quantitative estimate of drug-likeness (QED) is 0.682. The number of rotatable bonds is 7. The smallest absolute Gasteiger partial charge is 0.305 e. The molecule has 100 valence electrons. The molecular formula is C12H19N3O3. The Morgan fingerprint density at radius 1 is 1.44 bits per heavy atom. The number of hydrogen-bond donors (Lipinski definition) is 0. The Labute approximate surface area is 107 Å². The minimum Gasteiger partial charge on any atom is -0.477 e. The third kappa shape index (κ3) is 4.57. The van der Waals surface area contributed by atoms with Crippen LogP contribution >= 0.6 is 0 Å². The normalized spacial score (nSPS) is 9.94. The molecule has 0 atom stereocenters. The van der Waals surface area contributed by atoms with Crippen LogP contribution in [0.3, 0.4) is 0 Å². The number of carbonyl (C=O) groups excluding carboxylic acids is 1. The Morgan fingerprint density at radius 2 is 2.22 bits per heavy atom. The average Bonchev–Trinajstić information content (AvgIpc) is 2.39. The third-order valence-corrected chi connectivity index (χ3v) is 2.39. The summed E-state index contributed by atoms with van der Waals surface area (Å²) in [5, 5.41) is 0. The van der Waals surface area contributed by atoms with E-state index in [1.54, 1.807) is 12.4 Å². The van der Waals surface area contributed by atoms with Crippen molar-refractivity contribution < 1.29 is 14.3 Å². The molecule has 1 rings (SSSR count). The fourth-order valence-corrected chi connectivity index (χ4v) is 1.42. The van der Waals surface area contributed by atoms with Crippen LogP contribution in [0.1, 0.15) is 19.8 Å². The van der Waals surface area contributed by atoms with Gasteiger partial charge in [0, 0.05) is 20.0 Å². The first-order valence-electron chi connectivity index (χ1n) is 5.90. The summed E-state index contributed by atoms with van der Waals surface area (Å²) >= 11 is 0. The van der Waals surface area contributed by atoms with E-state index >= 15 is 0 Å². The van der Waals surface area contributed by atoms with E-state index in [1.165, 1.54) is 7.11 Å². The monoisotopic (exact) mass is 253 g/mol. The summed E-state index contributed by atoms with van der Waals surface area (Å²) in [4.78, 5) is 21.3. The van der Waals surface area contributed by atoms with Gasteiger partial charge >= 0.3 is 5.97 Å². The van der Waals surface area contributed by atoms with E-state index in [-0.39, 0.29) is 5.97 Å². The van der Waals surface area contributed by atoms with Crippen LogP contribution in [0.5, 0.6) is 5.88 Å². The molecule has 1 aromatic heterocycles. The second kappa shape index (κ2) is 7.47. The van der Waals surface area contributed by atoms with Gasteiger partial charge in [0.1, 0.15) is 0 Å². The van der Waals surface area contributed by atoms with Gasteiger partial charge in [-0.15, -0.1) is 0 Å². The molecule has 0 saturated carbocycles. The van der Waals surface area contributed by atoms with Crippen LogP contribution in [0, 0.1) is 0 Å². The van der Waals surface area contributed by atoms with Gasteiger partial charge in [-0.3, -0.25) is 9.78 Å². The number of ether oxygens (including phenoxy) is 2. The van der Waals surface area contributed by atoms with Gasteiger partial charge in [0.25, 0.3) is 0 Å². The number of methoxy groups -OCH3 is 1. The first kappa shape index (κ1) is 14.2. The van der Waals surface area contributed by atoms with E-state index in [9.17, 15) is 4.79 Å². The van der Waals surface area contributed by atoms with Crippen molar-refractivity contribution in [2.24, 2.45) is 0 Å². The summed E-state index contributed by atoms with van der Waals surface area (Å²) in [6.07, 6.45) is 4.36. The first-order valence-corrected chi connectivity index (χ1v) is 5.90. The maximum absolute atomic E-state index is 11.0. The lowest BCUT2D eigenvalue weighted by atomic mass is 10.3. The topological polar surface area (TPSA) is 64.5 Å². The largest absolute Gasteiger partial charge is 0.477 e. The zero-order valence-electron chi connectivity index (χ0n) is 11.0. The third-order valence-electron chi connectivity index (χ3n) is 2.39. The maximum atomic E-state index is 11.0. The van der Waals surface area contributed by atoms with Crippen molar-refractivity contribution in [1.82, 2.24) is 9.97 Å². The summed E-state index contributed by atoms with van der Waals surface area (Å²) < 4.78 is 9.87. The van der Waals surface area contributed by atoms with Crippen LogP contribution in [0.25, 0.3) is 0 Å². The number of carbonyl (C=O) groups is 1. The van der Waals surface area contributed by atoms with E-state index in [1.807, 2.05) is 18.9 Å². The molecule has 0 amide bonds. The second-order valence-corrected chi connectivity index (χ2v) is 3.75. The minimum absolute atomic E-state index is 0.197. The lowest BCUT2D eigenvalue weighted by molar-refractivity contribution is -0.140. The number of anilines is 1. The molecule has 6 nitrogen and oxygen atoms in total. The molecule has 0 radical (unpaired) electrons. The summed E-state index contributed by atoms with van der Waals surface area (Å²) in [5.74, 6) is 1.04. The van der Waals surface area contributed by atoms with Crippen LogP contribution in [0.4, 0.5) is 5.82 Å². The Hall–Kier alpha value is -1.85. The summed E-state index contributed by atoms with van der Waals surface area (Å²) in [6, 6.07) is 0. The Morgan fingerprint density at radius 3 is 2.89 bits per heavy atom. The summed E-state index contributed by atoms with van der Waals surface area (Å²) in [5.41, 5.74) is 0. The predicted molar refractivity (Wildman–Crippen MR) is 67.7 cm³/mol. The van der Waals surface area contributed by atoms with Gasteiger partial charge in [0.05, 0.1) is 26.1 Å². The predicted octanol–water partition coefficient (Wildman–Crippen LogP) is 1.26. The molecule has 0 saturated heterocycles. The van der Waals surface area contributed by atoms with Crippen molar-refractivity contribution in [3.8, 4) is 5.88 Å². The van der Waals surface area contributed by atoms with Crippen molar-refractivity contribution >= 4 is 11.8 Å². The van der Waals surface area contributed by atoms with Gasteiger partial charge in [-0.1, -0.05) is 0 Å². The van der Waals surface area contributed by atoms with Gasteiger partial charge in [-0.2, -0.15) is 4.98 Å². The highest BCUT2D eigenvalue weighted by atomic mass is 16.5. The fourth-order valence-electron chi connectivity index (χ4n) is 1.42. The molecular weight excluding hydrogens is 234 g/mol. The zero-order valence-corrected chi connectivity index (χ0v) is 11.0. The van der Waals surface area contributed by atoms with Gasteiger partial charge in [-0.25, -0.2) is 0 Å². The van der Waals surface area contributed by atoms with Crippen molar-refractivity contribution in [3.63, 3.8) is 0 Å². The first-order chi connectivity index (χ1) is 8.67. The molecule has 1 heterocycles. The van der Waals surface area contributed by atoms with E-state index in [2.05, 4.69) is 14.7 Å². The van der Waals surface area contributed by atoms with Gasteiger partial charge in [-0.05, 0) is 13.3 Å². The van der Waals surface area contributed by atoms with E-state index < -0.39 is 0 Å². The molecule has 0 aromatic carbocycles. The number of hydrogen-bond acceptors (Lipinski definition) is 6. The van der Waals surface area contributed by atoms with Crippen LogP contribution in [-0.2, 0) is 9.53 Å². The molecule has 0 fully saturated rings. The number of nitrogens with zero attached hydrogens (tertiary/aromatic N) is 3. The van der Waals surface area contributed by atoms with Crippen LogP contribution in [0.15, 0.2) is 12.4 Å². The van der Waals surface area contributed by atoms with Crippen LogP contribution in [-0.4, -0.2) is 43.2 Å². The Balaban J connectivity index is 2.47. The highest BCUT2D eigenvalue weighted by Gasteiger charge is 2.06. The standard InChI is InChI=1S/C12H19N3O3/c1-4-18-11-9-13-8-10(14-11)15(2)7-5-6-12(16)17-3/h8-9H,4-7H2,1-3H3. The van der Waals surface area contributed by atoms with Crippen molar-refractivity contribution in [2.45, 2.75) is 19.8 Å². The second-order valence-electron chi connectivity index (χ2n) is 3.75. The highest BCUT2D eigenvalue weighted by Crippen LogP contribution is 2.13. The van der Waals surface area contributed by atoms with E-state index in [0.717, 1.165) is 5.82 Å². The zero-order chi connectivity index (χ0) is 13.4. The molecule has 6 heteroatoms. The van der Waals surface area contributed by atoms with E-state index in [4.69, 9.17) is 4.74 Å². The fraction of sp³-hybridized carbons (Fsp3) is 0.583. The summed E-state index contributed by atoms with van der Waals surface area (Å²) in [7, 11) is 3.29. The van der Waals surface area contributed by atoms with Crippen molar-refractivity contribution in [2.75, 3.05) is 32.2 Å². The van der Waals surface area contributed by atoms with Crippen LogP contribution < -0.4 is 9.64 Å². The van der Waals surface area contributed by atoms with E-state index in [0.29, 0.717) is 31.9 Å². The van der Waals surface area contributed by atoms with Crippen LogP contribution in [0.2, 0.25) is 0 Å². The van der Waals surface area contributed by atoms with Gasteiger partial charge in [0.2, 0.25) is 5.88 Å². The molecule has 0 aliphatic carbocycles. The lowest BCUT2D eigenvalue weighted by Crippen LogP contribution is -2.21. The molecule has 0 N–H and O–H groups in total. The maximum Gasteiger partial charge on any atom is 0.305 e. The molecule has 0 aliphatic rings. The molecule has 0 bridgehead atoms. The minimum atomic E-state index is -0.197. The molecule has 18 heavy (non-hydrogen) atoms. The molecule has 0 spiro atoms. The van der Waals surface area contributed by atoms with Gasteiger partial charge < -0.3 is 14.4 Å². The number of esters is 1. The highest BCUT2D eigenvalue weighted by molar-refractivity contribution is 5.69. The molecule has 1 aromatic rings. The van der Waals surface area contributed by atoms with Crippen molar-refractivity contribution in [3.05, 3.63) is 12.4 Å². The summed E-state index contributed by atoms with van der Waals surface area (Å²) in [6.45, 7) is 3.16. The molecule has 0 aliphatic heterocycles.